The molecule has 1 atom stereocenters. The molecule has 2 heterocycles. The summed E-state index contributed by atoms with van der Waals surface area (Å²) in [6.07, 6.45) is 8.49. The highest BCUT2D eigenvalue weighted by atomic mass is 16.2. The molecular formula is C9H13NO. The fourth-order valence-corrected chi connectivity index (χ4v) is 1.88. The third-order valence-electron chi connectivity index (χ3n) is 2.52. The Hall–Kier alpha value is -0.790. The molecule has 0 spiro atoms. The van der Waals surface area contributed by atoms with E-state index in [0.29, 0.717) is 11.9 Å². The largest absolute Gasteiger partial charge is 0.333 e. The predicted octanol–water partition coefficient (Wildman–Crippen LogP) is 1.33. The Morgan fingerprint density at radius 1 is 1.45 bits per heavy atom. The van der Waals surface area contributed by atoms with Crippen molar-refractivity contribution in [3.8, 4) is 0 Å². The van der Waals surface area contributed by atoms with Crippen LogP contribution in [0.15, 0.2) is 12.2 Å². The Morgan fingerprint density at radius 2 is 2.36 bits per heavy atom. The summed E-state index contributed by atoms with van der Waals surface area (Å²) in [5.41, 5.74) is 0. The highest BCUT2D eigenvalue weighted by Crippen LogP contribution is 2.21. The van der Waals surface area contributed by atoms with Crippen molar-refractivity contribution in [2.75, 3.05) is 6.54 Å². The fraction of sp³-hybridized carbons (Fsp3) is 0.667. The minimum atomic E-state index is 0.345. The molecule has 11 heavy (non-hydrogen) atoms. The Balaban J connectivity index is 2.13. The van der Waals surface area contributed by atoms with Crippen LogP contribution in [0, 0.1) is 0 Å². The lowest BCUT2D eigenvalue weighted by atomic mass is 10.1. The van der Waals surface area contributed by atoms with Gasteiger partial charge >= 0.3 is 0 Å². The van der Waals surface area contributed by atoms with Crippen LogP contribution >= 0.6 is 0 Å². The number of amides is 1. The molecule has 0 bridgehead atoms. The highest BCUT2D eigenvalue weighted by molar-refractivity contribution is 5.77. The normalized spacial score (nSPS) is 30.4. The molecule has 2 aliphatic rings. The third-order valence-corrected chi connectivity index (χ3v) is 2.52. The van der Waals surface area contributed by atoms with Crippen molar-refractivity contribution in [3.63, 3.8) is 0 Å². The first kappa shape index (κ1) is 6.89. The minimum absolute atomic E-state index is 0.345. The van der Waals surface area contributed by atoms with Crippen LogP contribution in [0.2, 0.25) is 0 Å². The van der Waals surface area contributed by atoms with Crippen molar-refractivity contribution < 1.29 is 4.79 Å². The van der Waals surface area contributed by atoms with Crippen LogP contribution in [0.3, 0.4) is 0 Å². The van der Waals surface area contributed by atoms with Crippen molar-refractivity contribution in [2.24, 2.45) is 0 Å². The van der Waals surface area contributed by atoms with Crippen LogP contribution in [0.25, 0.3) is 0 Å². The maximum absolute atomic E-state index is 11.4. The second kappa shape index (κ2) is 2.68. The Labute approximate surface area is 66.9 Å². The average molecular weight is 151 g/mol. The summed E-state index contributed by atoms with van der Waals surface area (Å²) in [5, 5.41) is 0. The molecule has 2 aliphatic heterocycles. The first-order chi connectivity index (χ1) is 5.38. The van der Waals surface area contributed by atoms with Crippen molar-refractivity contribution in [2.45, 2.75) is 31.7 Å². The van der Waals surface area contributed by atoms with E-state index in [0.717, 1.165) is 19.4 Å². The zero-order chi connectivity index (χ0) is 7.68. The zero-order valence-electron chi connectivity index (χ0n) is 6.62. The predicted molar refractivity (Wildman–Crippen MR) is 43.1 cm³/mol. The number of carbonyl (C=O) groups excluding carboxylic acids is 1. The van der Waals surface area contributed by atoms with Crippen LogP contribution in [0.4, 0.5) is 0 Å². The molecule has 0 aromatic heterocycles. The fourth-order valence-electron chi connectivity index (χ4n) is 1.88. The van der Waals surface area contributed by atoms with Gasteiger partial charge in [0.05, 0.1) is 6.04 Å². The molecule has 0 radical (unpaired) electrons. The molecular weight excluding hydrogens is 138 g/mol. The quantitative estimate of drug-likeness (QED) is 0.478. The zero-order valence-corrected chi connectivity index (χ0v) is 6.62. The maximum atomic E-state index is 11.4. The van der Waals surface area contributed by atoms with Gasteiger partial charge in [0, 0.05) is 13.0 Å². The molecule has 2 nitrogen and oxygen atoms in total. The summed E-state index contributed by atoms with van der Waals surface area (Å²) < 4.78 is 0. The van der Waals surface area contributed by atoms with Gasteiger partial charge in [0.15, 0.2) is 0 Å². The number of nitrogens with zero attached hydrogens (tertiary/aromatic N) is 1. The number of hydrogen-bond donors (Lipinski definition) is 0. The lowest BCUT2D eigenvalue weighted by Crippen LogP contribution is -2.33. The smallest absolute Gasteiger partial charge is 0.223 e. The minimum Gasteiger partial charge on any atom is -0.333 e. The molecule has 1 amide bonds. The van der Waals surface area contributed by atoms with E-state index in [4.69, 9.17) is 0 Å². The van der Waals surface area contributed by atoms with Crippen LogP contribution in [-0.4, -0.2) is 23.4 Å². The van der Waals surface area contributed by atoms with Crippen molar-refractivity contribution in [1.82, 2.24) is 4.90 Å². The van der Waals surface area contributed by atoms with E-state index in [-0.39, 0.29) is 0 Å². The van der Waals surface area contributed by atoms with Crippen molar-refractivity contribution in [3.05, 3.63) is 12.2 Å². The monoisotopic (exact) mass is 151 g/mol. The van der Waals surface area contributed by atoms with Gasteiger partial charge < -0.3 is 4.90 Å². The highest BCUT2D eigenvalue weighted by Gasteiger charge is 2.25. The molecule has 60 valence electrons. The molecule has 0 saturated carbocycles. The lowest BCUT2D eigenvalue weighted by Gasteiger charge is -2.21. The van der Waals surface area contributed by atoms with E-state index in [1.165, 1.54) is 12.8 Å². The summed E-state index contributed by atoms with van der Waals surface area (Å²) in [7, 11) is 0. The van der Waals surface area contributed by atoms with Crippen LogP contribution in [0.5, 0.6) is 0 Å². The maximum Gasteiger partial charge on any atom is 0.223 e. The van der Waals surface area contributed by atoms with Crippen molar-refractivity contribution in [1.29, 1.82) is 0 Å². The summed E-state index contributed by atoms with van der Waals surface area (Å²) in [6.45, 7) is 0.851. The van der Waals surface area contributed by atoms with Gasteiger partial charge in [-0.25, -0.2) is 0 Å². The summed E-state index contributed by atoms with van der Waals surface area (Å²) in [6, 6.07) is 0.435. The summed E-state index contributed by atoms with van der Waals surface area (Å²) >= 11 is 0. The molecule has 1 saturated heterocycles. The molecule has 0 unspecified atom stereocenters. The number of hydrogen-bond acceptors (Lipinski definition) is 1. The molecule has 0 aromatic carbocycles. The van der Waals surface area contributed by atoms with E-state index in [9.17, 15) is 4.79 Å². The number of fused-ring (bicyclic) bond motifs is 1. The van der Waals surface area contributed by atoms with Gasteiger partial charge in [-0.05, 0) is 12.8 Å². The third kappa shape index (κ3) is 1.17. The standard InChI is InChI=1S/C9H13NO/c11-9-6-2-1-4-8-5-3-7-10(8)9/h3,5,8H,1-2,4,6-7H2/t8-/m0/s1. The van der Waals surface area contributed by atoms with Gasteiger partial charge in [-0.1, -0.05) is 18.6 Å². The van der Waals surface area contributed by atoms with Crippen LogP contribution < -0.4 is 0 Å². The van der Waals surface area contributed by atoms with Gasteiger partial charge in [-0.3, -0.25) is 4.79 Å². The summed E-state index contributed by atoms with van der Waals surface area (Å²) in [4.78, 5) is 13.4. The second-order valence-electron chi connectivity index (χ2n) is 3.29. The van der Waals surface area contributed by atoms with Crippen LogP contribution in [-0.2, 0) is 4.79 Å². The van der Waals surface area contributed by atoms with E-state index in [1.807, 2.05) is 4.90 Å². The second-order valence-corrected chi connectivity index (χ2v) is 3.29. The molecule has 0 N–H and O–H groups in total. The Kier molecular flexibility index (Phi) is 1.68. The summed E-state index contributed by atoms with van der Waals surface area (Å²) in [5.74, 6) is 0.345. The van der Waals surface area contributed by atoms with Gasteiger partial charge in [0.1, 0.15) is 0 Å². The van der Waals surface area contributed by atoms with Crippen molar-refractivity contribution >= 4 is 5.91 Å². The topological polar surface area (TPSA) is 20.3 Å². The van der Waals surface area contributed by atoms with Crippen LogP contribution in [0.1, 0.15) is 25.7 Å². The molecule has 1 fully saturated rings. The molecule has 2 heteroatoms. The SMILES string of the molecule is O=C1CCCC[C@H]2C=CCN12. The van der Waals surface area contributed by atoms with Gasteiger partial charge in [-0.2, -0.15) is 0 Å². The van der Waals surface area contributed by atoms with E-state index in [1.54, 1.807) is 0 Å². The first-order valence-corrected chi connectivity index (χ1v) is 4.34. The van der Waals surface area contributed by atoms with Gasteiger partial charge in [0.25, 0.3) is 0 Å². The van der Waals surface area contributed by atoms with E-state index in [2.05, 4.69) is 12.2 Å². The first-order valence-electron chi connectivity index (χ1n) is 4.34. The van der Waals surface area contributed by atoms with Gasteiger partial charge in [-0.15, -0.1) is 0 Å². The number of carbonyl (C=O) groups is 1. The van der Waals surface area contributed by atoms with E-state index < -0.39 is 0 Å². The van der Waals surface area contributed by atoms with Gasteiger partial charge in [0.2, 0.25) is 5.91 Å². The molecule has 0 aromatic rings. The molecule has 0 aliphatic carbocycles. The van der Waals surface area contributed by atoms with E-state index >= 15 is 0 Å². The molecule has 2 rings (SSSR count). The Bertz CT molecular complexity index is 198. The number of rotatable bonds is 0. The Morgan fingerprint density at radius 3 is 3.27 bits per heavy atom. The lowest BCUT2D eigenvalue weighted by molar-refractivity contribution is -0.130. The average Bonchev–Trinajstić information content (AvgIpc) is 2.40.